The van der Waals surface area contributed by atoms with Crippen LogP contribution < -0.4 is 58.9 Å². The molecule has 11 amide bonds. The van der Waals surface area contributed by atoms with Crippen molar-refractivity contribution < 1.29 is 71.7 Å². The maximum atomic E-state index is 13.0. The molecule has 1 aliphatic heterocycles. The molecule has 1 unspecified atom stereocenters. The molecule has 28 heteroatoms. The highest BCUT2D eigenvalue weighted by Gasteiger charge is 2.24. The van der Waals surface area contributed by atoms with E-state index < -0.39 is 121 Å². The number of carbonyl (C=O) groups excluding carboxylic acids is 11. The summed E-state index contributed by atoms with van der Waals surface area (Å²) in [7, 11) is 0. The van der Waals surface area contributed by atoms with Crippen LogP contribution in [0.5, 0.6) is 0 Å². The van der Waals surface area contributed by atoms with Gasteiger partial charge >= 0.3 is 0 Å². The fourth-order valence-corrected chi connectivity index (χ4v) is 5.03. The molecule has 12 N–H and O–H groups in total. The van der Waals surface area contributed by atoms with E-state index in [0.29, 0.717) is 11.8 Å². The number of nitrogens with two attached hydrogens (primary N) is 1. The number of thioether (sulfide) groups is 1. The Balaban J connectivity index is 2.60. The van der Waals surface area contributed by atoms with Crippen LogP contribution in [-0.4, -0.2) is 193 Å². The molecule has 59 heavy (non-hydrogen) atoms. The molecule has 1 rings (SSSR count). The minimum absolute atomic E-state index is 0.0119. The van der Waals surface area contributed by atoms with Crippen LogP contribution in [0.4, 0.5) is 0 Å². The van der Waals surface area contributed by atoms with Gasteiger partial charge in [0.25, 0.3) is 5.91 Å². The van der Waals surface area contributed by atoms with Crippen molar-refractivity contribution in [1.82, 2.24) is 53.2 Å². The molecule has 0 radical (unpaired) electrons. The number of primary amides is 1. The first-order valence-electron chi connectivity index (χ1n) is 17.8. The Labute approximate surface area is 347 Å². The average Bonchev–Trinajstić information content (AvgIpc) is 3.20. The standard InChI is InChI=1S/C31H51N11O15S2/c32-20(43)15-57-16-27(50)33-1-3-54-5-7-56-8-6-55-4-2-34-30(53)31-42-26(49)14-38-23(46)11-36-21(44)9-35-22(45)10-37-24(47)12-40-29(52)19(17-58)41-25(48)13-39-28(51)18-59-31/h19,31,58H,1-18H2,(H2,32,43)(H,33,50)(H,34,53)(H,35,45)(H,36,44)(H,37,47)(H,38,46)(H,39,51)(H,40,52)(H,41,48)(H,42,49)/t19-,31?/m0/s1. The molecule has 0 aromatic rings. The zero-order valence-corrected chi connectivity index (χ0v) is 33.7. The first-order valence-corrected chi connectivity index (χ1v) is 19.4. The lowest BCUT2D eigenvalue weighted by atomic mass is 10.3. The Morgan fingerprint density at radius 3 is 1.53 bits per heavy atom. The van der Waals surface area contributed by atoms with Gasteiger partial charge in [-0.2, -0.15) is 12.6 Å². The van der Waals surface area contributed by atoms with Crippen molar-refractivity contribution in [2.75, 3.05) is 117 Å². The molecule has 0 aliphatic carbocycles. The van der Waals surface area contributed by atoms with Crippen molar-refractivity contribution in [2.45, 2.75) is 11.4 Å². The fraction of sp³-hybridized carbons (Fsp3) is 0.645. The summed E-state index contributed by atoms with van der Waals surface area (Å²) in [5.74, 6) is -8.65. The summed E-state index contributed by atoms with van der Waals surface area (Å²) in [6, 6.07) is -1.20. The van der Waals surface area contributed by atoms with Gasteiger partial charge in [-0.25, -0.2) is 0 Å². The molecular weight excluding hydrogens is 831 g/mol. The lowest BCUT2D eigenvalue weighted by Crippen LogP contribution is -2.52. The van der Waals surface area contributed by atoms with Crippen molar-refractivity contribution >= 4 is 89.4 Å². The summed E-state index contributed by atoms with van der Waals surface area (Å²) in [5.41, 5.74) is 4.91. The van der Waals surface area contributed by atoms with Gasteiger partial charge in [-0.15, -0.1) is 11.8 Å². The van der Waals surface area contributed by atoms with E-state index >= 15 is 0 Å². The smallest absolute Gasteiger partial charge is 0.253 e. The normalized spacial score (nSPS) is 18.7. The Morgan fingerprint density at radius 1 is 0.576 bits per heavy atom. The number of ether oxygens (including phenoxy) is 4. The number of thiol groups is 1. The molecule has 0 bridgehead atoms. The van der Waals surface area contributed by atoms with Gasteiger partial charge < -0.3 is 77.8 Å². The predicted molar refractivity (Wildman–Crippen MR) is 207 cm³/mol. The first-order chi connectivity index (χ1) is 28.2. The molecule has 332 valence electrons. The van der Waals surface area contributed by atoms with Crippen molar-refractivity contribution in [3.63, 3.8) is 0 Å². The third-order valence-corrected chi connectivity index (χ3v) is 8.19. The molecule has 0 aromatic heterocycles. The van der Waals surface area contributed by atoms with Crippen molar-refractivity contribution in [3.05, 3.63) is 0 Å². The molecule has 0 aromatic carbocycles. The van der Waals surface area contributed by atoms with E-state index in [9.17, 15) is 52.7 Å². The van der Waals surface area contributed by atoms with Gasteiger partial charge in [0.15, 0.2) is 5.37 Å². The van der Waals surface area contributed by atoms with E-state index in [0.717, 1.165) is 0 Å². The summed E-state index contributed by atoms with van der Waals surface area (Å²) in [5, 5.41) is 21.9. The number of hydrogen-bond acceptors (Lipinski definition) is 17. The van der Waals surface area contributed by atoms with Crippen LogP contribution in [0.15, 0.2) is 0 Å². The summed E-state index contributed by atoms with van der Waals surface area (Å²) >= 11 is 4.70. The minimum atomic E-state index is -1.36. The topological polar surface area (TPSA) is 371 Å². The summed E-state index contributed by atoms with van der Waals surface area (Å²) in [6.45, 7) is -2.82. The number of carbonyl (C=O) groups is 11. The largest absolute Gasteiger partial charge is 0.377 e. The average molecular weight is 882 g/mol. The van der Waals surface area contributed by atoms with Crippen LogP contribution in [0.2, 0.25) is 0 Å². The highest BCUT2D eigenvalue weighted by atomic mass is 32.2. The van der Waals surface area contributed by atoms with E-state index in [1.54, 1.807) is 0 Å². The van der Waals surface area contributed by atoms with Crippen LogP contribution in [0, 0.1) is 0 Å². The molecular formula is C31H51N11O15S2. The van der Waals surface area contributed by atoms with Crippen LogP contribution in [0.25, 0.3) is 0 Å². The van der Waals surface area contributed by atoms with Gasteiger partial charge in [0, 0.05) is 18.8 Å². The molecule has 2 atom stereocenters. The number of rotatable bonds is 18. The van der Waals surface area contributed by atoms with E-state index in [1.807, 2.05) is 0 Å². The Bertz CT molecular complexity index is 1460. The van der Waals surface area contributed by atoms with Gasteiger partial charge in [0.05, 0.1) is 84.7 Å². The van der Waals surface area contributed by atoms with E-state index in [1.165, 1.54) is 0 Å². The minimum Gasteiger partial charge on any atom is -0.377 e. The predicted octanol–water partition coefficient (Wildman–Crippen LogP) is -8.93. The first kappa shape index (κ1) is 51.7. The highest BCUT2D eigenvalue weighted by molar-refractivity contribution is 8.01. The second-order valence-electron chi connectivity index (χ2n) is 11.6. The summed E-state index contributed by atoms with van der Waals surface area (Å²) < 4.78 is 20.9. The third kappa shape index (κ3) is 27.9. The molecule has 1 heterocycles. The number of nitrogens with one attached hydrogen (secondary N) is 10. The monoisotopic (exact) mass is 881 g/mol. The van der Waals surface area contributed by atoms with Gasteiger partial charge in [-0.05, 0) is 0 Å². The zero-order valence-electron chi connectivity index (χ0n) is 31.9. The quantitative estimate of drug-likeness (QED) is 0.0449. The van der Waals surface area contributed by atoms with Crippen LogP contribution in [0.3, 0.4) is 0 Å². The third-order valence-electron chi connectivity index (χ3n) is 6.74. The van der Waals surface area contributed by atoms with Crippen molar-refractivity contribution in [2.24, 2.45) is 5.73 Å². The van der Waals surface area contributed by atoms with E-state index in [4.69, 9.17) is 24.7 Å². The number of amides is 11. The Hall–Kier alpha value is -5.29. The van der Waals surface area contributed by atoms with Gasteiger partial charge in [0.2, 0.25) is 59.1 Å². The molecule has 26 nitrogen and oxygen atoms in total. The summed E-state index contributed by atoms with van der Waals surface area (Å²) in [6.07, 6.45) is 0. The van der Waals surface area contributed by atoms with Gasteiger partial charge in [-0.3, -0.25) is 52.7 Å². The maximum Gasteiger partial charge on any atom is 0.253 e. The lowest BCUT2D eigenvalue weighted by Gasteiger charge is -2.19. The van der Waals surface area contributed by atoms with Gasteiger partial charge in [-0.1, -0.05) is 0 Å². The van der Waals surface area contributed by atoms with Crippen LogP contribution in [-0.2, 0) is 71.7 Å². The van der Waals surface area contributed by atoms with E-state index in [-0.39, 0.29) is 71.7 Å². The molecule has 0 saturated carbocycles. The second kappa shape index (κ2) is 31.7. The van der Waals surface area contributed by atoms with Crippen LogP contribution in [0.1, 0.15) is 0 Å². The van der Waals surface area contributed by atoms with E-state index in [2.05, 4.69) is 65.8 Å². The summed E-state index contributed by atoms with van der Waals surface area (Å²) in [4.78, 5) is 133. The number of hydrogen-bond donors (Lipinski definition) is 12. The molecule has 1 aliphatic rings. The lowest BCUT2D eigenvalue weighted by molar-refractivity contribution is -0.130. The molecule has 1 fully saturated rings. The van der Waals surface area contributed by atoms with Gasteiger partial charge in [0.1, 0.15) is 19.3 Å². The van der Waals surface area contributed by atoms with Crippen LogP contribution >= 0.6 is 24.4 Å². The maximum absolute atomic E-state index is 13.0. The zero-order chi connectivity index (χ0) is 43.8. The Morgan fingerprint density at radius 2 is 1.02 bits per heavy atom. The Kier molecular flexibility index (Phi) is 27.8. The molecule has 1 saturated heterocycles. The highest BCUT2D eigenvalue weighted by Crippen LogP contribution is 2.08. The molecule has 0 spiro atoms. The van der Waals surface area contributed by atoms with Crippen molar-refractivity contribution in [3.8, 4) is 0 Å². The fourth-order valence-electron chi connectivity index (χ4n) is 3.90. The SMILES string of the molecule is NC(=O)COCC(=O)NCCOCCOCCOCCNC(=O)C1NC(=O)CNC(=O)CNC(=O)CNC(=O)CNC(=O)CNC(=O)[C@H](CS)NC(=O)CNC(=O)CS1. The van der Waals surface area contributed by atoms with Crippen molar-refractivity contribution in [1.29, 1.82) is 0 Å². The second-order valence-corrected chi connectivity index (χ2v) is 13.1.